The van der Waals surface area contributed by atoms with Gasteiger partial charge in [0.1, 0.15) is 73.2 Å². The number of aliphatic hydroxyl groups excluding tert-OH is 11. The standard InChI is InChI=1S/C92H177NO18/c1-3-5-7-9-11-13-15-17-19-21-23-25-27-29-31-33-35-37-39-41-43-45-47-49-51-53-55-57-59-61-63-65-67-69-76(97)75(74-106-90-86(104)83(101)88(78(72-95)108-90)111-92-87(105)84(102)89(79(73-96)109-92)110-91-85(103)82(100)81(99)77(71-94)107-91)93-80(98)70-68-66-64-62-60-58-56-54-52-50-48-46-44-42-40-38-36-34-32-30-28-26-24-22-20-18-16-14-12-10-8-6-4-2/h67,69,75-79,81-92,94-97,99-105H,3-66,68,70-74H2,1-2H3,(H,93,98)/b69-67+. The largest absolute Gasteiger partial charge is 0.394 e. The third-order valence-electron chi connectivity index (χ3n) is 24.1. The number of hydrogen-bond donors (Lipinski definition) is 12. The van der Waals surface area contributed by atoms with Gasteiger partial charge in [0.2, 0.25) is 5.91 Å². The molecule has 19 heteroatoms. The zero-order valence-corrected chi connectivity index (χ0v) is 71.2. The summed E-state index contributed by atoms with van der Waals surface area (Å²) in [5, 5.41) is 121. The molecule has 0 aliphatic carbocycles. The van der Waals surface area contributed by atoms with Crippen LogP contribution in [0.3, 0.4) is 0 Å². The summed E-state index contributed by atoms with van der Waals surface area (Å²) in [5.74, 6) is -0.264. The maximum absolute atomic E-state index is 13.5. The summed E-state index contributed by atoms with van der Waals surface area (Å²) >= 11 is 0. The van der Waals surface area contributed by atoms with Gasteiger partial charge >= 0.3 is 0 Å². The van der Waals surface area contributed by atoms with Crippen LogP contribution in [0.2, 0.25) is 0 Å². The summed E-state index contributed by atoms with van der Waals surface area (Å²) in [6, 6.07) is -0.972. The molecule has 3 rings (SSSR count). The minimum atomic E-state index is -1.98. The molecule has 0 bridgehead atoms. The van der Waals surface area contributed by atoms with Crippen molar-refractivity contribution in [1.82, 2.24) is 5.32 Å². The monoisotopic (exact) mass is 1580 g/mol. The summed E-state index contributed by atoms with van der Waals surface area (Å²) in [6.45, 7) is 1.83. The maximum Gasteiger partial charge on any atom is 0.220 e. The number of hydrogen-bond acceptors (Lipinski definition) is 18. The Morgan fingerprint density at radius 3 is 0.847 bits per heavy atom. The van der Waals surface area contributed by atoms with E-state index in [1.165, 1.54) is 366 Å². The molecule has 17 unspecified atom stereocenters. The number of unbranched alkanes of at least 4 members (excludes halogenated alkanes) is 63. The molecule has 12 N–H and O–H groups in total. The molecule has 1 amide bonds. The molecule has 3 aliphatic rings. The number of carbonyl (C=O) groups excluding carboxylic acids is 1. The smallest absolute Gasteiger partial charge is 0.220 e. The summed E-state index contributed by atoms with van der Waals surface area (Å²) < 4.78 is 34.6. The van der Waals surface area contributed by atoms with E-state index in [1.54, 1.807) is 6.08 Å². The van der Waals surface area contributed by atoms with E-state index >= 15 is 0 Å². The Bertz CT molecular complexity index is 2040. The van der Waals surface area contributed by atoms with Crippen LogP contribution in [-0.2, 0) is 33.2 Å². The van der Waals surface area contributed by atoms with Gasteiger partial charge in [0.15, 0.2) is 18.9 Å². The zero-order valence-electron chi connectivity index (χ0n) is 71.2. The van der Waals surface area contributed by atoms with Gasteiger partial charge in [-0.2, -0.15) is 0 Å². The van der Waals surface area contributed by atoms with Crippen molar-refractivity contribution in [2.75, 3.05) is 26.4 Å². The number of nitrogens with one attached hydrogen (secondary N) is 1. The van der Waals surface area contributed by atoms with Gasteiger partial charge in [-0.15, -0.1) is 0 Å². The summed E-state index contributed by atoms with van der Waals surface area (Å²) in [5.41, 5.74) is 0. The Hall–Kier alpha value is -1.47. The molecule has 0 aromatic heterocycles. The van der Waals surface area contributed by atoms with Crippen LogP contribution in [-0.4, -0.2) is 193 Å². The normalized spacial score (nSPS) is 25.0. The number of aliphatic hydroxyl groups is 11. The first-order chi connectivity index (χ1) is 54.3. The van der Waals surface area contributed by atoms with Crippen molar-refractivity contribution < 1.29 is 89.4 Å². The fourth-order valence-corrected chi connectivity index (χ4v) is 16.6. The molecule has 0 aromatic rings. The predicted octanol–water partition coefficient (Wildman–Crippen LogP) is 18.6. The molecule has 19 nitrogen and oxygen atoms in total. The van der Waals surface area contributed by atoms with Crippen LogP contribution >= 0.6 is 0 Å². The topological polar surface area (TPSA) is 307 Å². The van der Waals surface area contributed by atoms with Crippen molar-refractivity contribution in [3.63, 3.8) is 0 Å². The Balaban J connectivity index is 1.31. The number of rotatable bonds is 79. The van der Waals surface area contributed by atoms with Crippen LogP contribution in [0.4, 0.5) is 0 Å². The van der Waals surface area contributed by atoms with Gasteiger partial charge in [0, 0.05) is 6.42 Å². The molecular weight excluding hydrogens is 1410 g/mol. The molecular formula is C92H177NO18. The second-order valence-electron chi connectivity index (χ2n) is 34.2. The maximum atomic E-state index is 13.5. The molecule has 0 spiro atoms. The zero-order chi connectivity index (χ0) is 80.3. The Morgan fingerprint density at radius 1 is 0.315 bits per heavy atom. The highest BCUT2D eigenvalue weighted by Gasteiger charge is 2.54. The van der Waals surface area contributed by atoms with Gasteiger partial charge in [0.05, 0.1) is 38.6 Å². The van der Waals surface area contributed by atoms with Gasteiger partial charge in [-0.1, -0.05) is 424 Å². The predicted molar refractivity (Wildman–Crippen MR) is 448 cm³/mol. The van der Waals surface area contributed by atoms with Crippen LogP contribution in [0.5, 0.6) is 0 Å². The van der Waals surface area contributed by atoms with Gasteiger partial charge < -0.3 is 89.9 Å². The first-order valence-corrected chi connectivity index (χ1v) is 47.4. The lowest BCUT2D eigenvalue weighted by atomic mass is 9.96. The number of carbonyl (C=O) groups is 1. The van der Waals surface area contributed by atoms with Crippen molar-refractivity contribution in [2.24, 2.45) is 0 Å². The lowest BCUT2D eigenvalue weighted by Gasteiger charge is -2.48. The molecule has 0 aromatic carbocycles. The third-order valence-corrected chi connectivity index (χ3v) is 24.1. The van der Waals surface area contributed by atoms with E-state index in [1.807, 2.05) is 6.08 Å². The van der Waals surface area contributed by atoms with Crippen molar-refractivity contribution in [2.45, 2.75) is 542 Å². The van der Waals surface area contributed by atoms with E-state index < -0.39 is 124 Å². The van der Waals surface area contributed by atoms with E-state index in [4.69, 9.17) is 28.4 Å². The van der Waals surface area contributed by atoms with Crippen molar-refractivity contribution in [3.05, 3.63) is 12.2 Å². The summed E-state index contributed by atoms with van der Waals surface area (Å²) in [4.78, 5) is 13.5. The van der Waals surface area contributed by atoms with Crippen LogP contribution in [0, 0.1) is 0 Å². The molecule has 3 saturated heterocycles. The highest BCUT2D eigenvalue weighted by molar-refractivity contribution is 5.76. The molecule has 3 aliphatic heterocycles. The average molecular weight is 1590 g/mol. The van der Waals surface area contributed by atoms with E-state index in [0.29, 0.717) is 6.42 Å². The highest BCUT2D eigenvalue weighted by atomic mass is 16.8. The molecule has 658 valence electrons. The second-order valence-corrected chi connectivity index (χ2v) is 34.2. The first-order valence-electron chi connectivity index (χ1n) is 47.4. The lowest BCUT2D eigenvalue weighted by Crippen LogP contribution is -2.66. The Labute approximate surface area is 677 Å². The Kier molecular flexibility index (Phi) is 67.8. The Morgan fingerprint density at radius 2 is 0.559 bits per heavy atom. The molecule has 0 saturated carbocycles. The molecule has 0 radical (unpaired) electrons. The molecule has 3 heterocycles. The average Bonchev–Trinajstić information content (AvgIpc) is 0.780. The van der Waals surface area contributed by atoms with Crippen molar-refractivity contribution >= 4 is 5.91 Å². The number of amides is 1. The van der Waals surface area contributed by atoms with Crippen molar-refractivity contribution in [1.29, 1.82) is 0 Å². The molecule has 111 heavy (non-hydrogen) atoms. The quantitative estimate of drug-likeness (QED) is 0.0199. The summed E-state index contributed by atoms with van der Waals surface area (Å²) in [6.07, 6.45) is 63.9. The first kappa shape index (κ1) is 104. The van der Waals surface area contributed by atoms with Crippen LogP contribution in [0.1, 0.15) is 438 Å². The fraction of sp³-hybridized carbons (Fsp3) is 0.967. The van der Waals surface area contributed by atoms with Gasteiger partial charge in [-0.05, 0) is 19.3 Å². The number of allylic oxidation sites excluding steroid dienone is 1. The SMILES string of the molecule is CCCCCCCCCCCCCCCCCCCCCCCCCCCCCCCCC/C=C/C(O)C(COC1OC(CO)C(OC2OC(CO)C(OC3OC(CO)C(O)C(O)C3O)C(O)C2O)C(O)C1O)NC(=O)CCCCCCCCCCCCCCCCCCCCCCCCCCCCCCCCCCC. The number of ether oxygens (including phenoxy) is 6. The second kappa shape index (κ2) is 72.5. The molecule has 17 atom stereocenters. The third kappa shape index (κ3) is 50.9. The van der Waals surface area contributed by atoms with Crippen molar-refractivity contribution in [3.8, 4) is 0 Å². The highest BCUT2D eigenvalue weighted by Crippen LogP contribution is 2.34. The minimum Gasteiger partial charge on any atom is -0.394 e. The van der Waals surface area contributed by atoms with Crippen LogP contribution in [0.15, 0.2) is 12.2 Å². The van der Waals surface area contributed by atoms with Gasteiger partial charge in [-0.3, -0.25) is 4.79 Å². The van der Waals surface area contributed by atoms with E-state index in [0.717, 1.165) is 44.9 Å². The van der Waals surface area contributed by atoms with Gasteiger partial charge in [0.25, 0.3) is 0 Å². The molecule has 3 fully saturated rings. The minimum absolute atomic E-state index is 0.251. The van der Waals surface area contributed by atoms with E-state index in [2.05, 4.69) is 19.2 Å². The van der Waals surface area contributed by atoms with E-state index in [9.17, 15) is 61.0 Å². The fourth-order valence-electron chi connectivity index (χ4n) is 16.6. The van der Waals surface area contributed by atoms with E-state index in [-0.39, 0.29) is 18.9 Å². The van der Waals surface area contributed by atoms with Crippen LogP contribution in [0.25, 0.3) is 0 Å². The van der Waals surface area contributed by atoms with Gasteiger partial charge in [-0.25, -0.2) is 0 Å². The summed E-state index contributed by atoms with van der Waals surface area (Å²) in [7, 11) is 0. The van der Waals surface area contributed by atoms with Crippen LogP contribution < -0.4 is 5.32 Å². The lowest BCUT2D eigenvalue weighted by molar-refractivity contribution is -0.379.